The molecule has 0 fully saturated rings. The molecule has 1 aromatic rings. The van der Waals surface area contributed by atoms with Crippen molar-refractivity contribution in [3.05, 3.63) is 29.8 Å². The van der Waals surface area contributed by atoms with Crippen LogP contribution in [0.25, 0.3) is 0 Å². The maximum atomic E-state index is 11.4. The van der Waals surface area contributed by atoms with Crippen LogP contribution in [0.5, 0.6) is 0 Å². The summed E-state index contributed by atoms with van der Waals surface area (Å²) in [6, 6.07) is 8.69. The minimum absolute atomic E-state index is 0.104. The fourth-order valence-corrected chi connectivity index (χ4v) is 1.34. The highest BCUT2D eigenvalue weighted by atomic mass is 16.5. The number of rotatable bonds is 4. The molecule has 0 bridgehead atoms. The molecular formula is C13H14N2O3. The quantitative estimate of drug-likeness (QED) is 0.819. The van der Waals surface area contributed by atoms with Gasteiger partial charge in [0.25, 0.3) is 0 Å². The van der Waals surface area contributed by atoms with Gasteiger partial charge in [0.2, 0.25) is 5.91 Å². The predicted octanol–water partition coefficient (Wildman–Crippen LogP) is 1.64. The molecule has 1 N–H and O–H groups in total. The number of nitriles is 1. The molecule has 1 aromatic carbocycles. The van der Waals surface area contributed by atoms with Crippen LogP contribution in [-0.2, 0) is 20.7 Å². The standard InChI is InChI=1S/C13H14N2O3/c1-9(8-14)18-13(17)7-11-3-5-12(6-4-11)15-10(2)16/h3-6,9H,7H2,1-2H3,(H,15,16)/t9-/m0/s1. The molecule has 0 aliphatic rings. The van der Waals surface area contributed by atoms with E-state index in [1.807, 2.05) is 6.07 Å². The monoisotopic (exact) mass is 246 g/mol. The zero-order valence-electron chi connectivity index (χ0n) is 10.3. The van der Waals surface area contributed by atoms with E-state index in [0.29, 0.717) is 5.69 Å². The van der Waals surface area contributed by atoms with Crippen LogP contribution in [0.4, 0.5) is 5.69 Å². The molecule has 1 atom stereocenters. The number of esters is 1. The van der Waals surface area contributed by atoms with Crippen molar-refractivity contribution in [1.82, 2.24) is 0 Å². The zero-order valence-corrected chi connectivity index (χ0v) is 10.3. The Bertz CT molecular complexity index is 474. The number of ether oxygens (including phenoxy) is 1. The predicted molar refractivity (Wildman–Crippen MR) is 65.6 cm³/mol. The van der Waals surface area contributed by atoms with Gasteiger partial charge in [-0.05, 0) is 24.6 Å². The summed E-state index contributed by atoms with van der Waals surface area (Å²) >= 11 is 0. The summed E-state index contributed by atoms with van der Waals surface area (Å²) in [5.41, 5.74) is 1.43. The molecule has 5 nitrogen and oxygen atoms in total. The Hall–Kier alpha value is -2.35. The number of hydrogen-bond acceptors (Lipinski definition) is 4. The molecule has 0 saturated heterocycles. The summed E-state index contributed by atoms with van der Waals surface area (Å²) in [4.78, 5) is 22.2. The van der Waals surface area contributed by atoms with Crippen molar-refractivity contribution in [2.24, 2.45) is 0 Å². The minimum Gasteiger partial charge on any atom is -0.447 e. The normalized spacial score (nSPS) is 11.2. The molecule has 0 unspecified atom stereocenters. The maximum absolute atomic E-state index is 11.4. The van der Waals surface area contributed by atoms with Crippen molar-refractivity contribution in [1.29, 1.82) is 5.26 Å². The van der Waals surface area contributed by atoms with E-state index in [4.69, 9.17) is 10.00 Å². The summed E-state index contributed by atoms with van der Waals surface area (Å²) in [7, 11) is 0. The van der Waals surface area contributed by atoms with Crippen molar-refractivity contribution in [3.63, 3.8) is 0 Å². The number of carbonyl (C=O) groups is 2. The highest BCUT2D eigenvalue weighted by Gasteiger charge is 2.09. The molecule has 0 heterocycles. The third kappa shape index (κ3) is 4.66. The van der Waals surface area contributed by atoms with Gasteiger partial charge in [-0.3, -0.25) is 9.59 Å². The lowest BCUT2D eigenvalue weighted by Gasteiger charge is -2.07. The Labute approximate surface area is 105 Å². The smallest absolute Gasteiger partial charge is 0.311 e. The second kappa shape index (κ2) is 6.40. The third-order valence-electron chi connectivity index (χ3n) is 2.11. The largest absolute Gasteiger partial charge is 0.447 e. The molecule has 5 heteroatoms. The first-order chi connectivity index (χ1) is 8.51. The number of benzene rings is 1. The van der Waals surface area contributed by atoms with E-state index >= 15 is 0 Å². The lowest BCUT2D eigenvalue weighted by Crippen LogP contribution is -2.15. The summed E-state index contributed by atoms with van der Waals surface area (Å²) in [6.07, 6.45) is -0.636. The van der Waals surface area contributed by atoms with Crippen LogP contribution in [0.2, 0.25) is 0 Å². The van der Waals surface area contributed by atoms with Gasteiger partial charge in [0, 0.05) is 12.6 Å². The van der Waals surface area contributed by atoms with Gasteiger partial charge in [0.1, 0.15) is 6.07 Å². The van der Waals surface area contributed by atoms with Crippen molar-refractivity contribution >= 4 is 17.6 Å². The Morgan fingerprint density at radius 3 is 2.50 bits per heavy atom. The SMILES string of the molecule is CC(=O)Nc1ccc(CC(=O)O[C@@H](C)C#N)cc1. The van der Waals surface area contributed by atoms with Crippen LogP contribution in [0.15, 0.2) is 24.3 Å². The maximum Gasteiger partial charge on any atom is 0.311 e. The van der Waals surface area contributed by atoms with Crippen molar-refractivity contribution < 1.29 is 14.3 Å². The fourth-order valence-electron chi connectivity index (χ4n) is 1.34. The number of hydrogen-bond donors (Lipinski definition) is 1. The van der Waals surface area contributed by atoms with Gasteiger partial charge in [-0.2, -0.15) is 5.26 Å². The Balaban J connectivity index is 2.56. The summed E-state index contributed by atoms with van der Waals surface area (Å²) in [6.45, 7) is 2.94. The summed E-state index contributed by atoms with van der Waals surface area (Å²) in [5, 5.41) is 11.1. The van der Waals surface area contributed by atoms with E-state index in [9.17, 15) is 9.59 Å². The highest BCUT2D eigenvalue weighted by molar-refractivity contribution is 5.88. The molecule has 18 heavy (non-hydrogen) atoms. The van der Waals surface area contributed by atoms with Crippen LogP contribution >= 0.6 is 0 Å². The van der Waals surface area contributed by atoms with E-state index in [2.05, 4.69) is 5.32 Å². The van der Waals surface area contributed by atoms with Gasteiger partial charge in [0.05, 0.1) is 6.42 Å². The second-order valence-corrected chi connectivity index (χ2v) is 3.82. The zero-order chi connectivity index (χ0) is 13.5. The minimum atomic E-state index is -0.740. The molecule has 0 aromatic heterocycles. The molecule has 1 amide bonds. The van der Waals surface area contributed by atoms with Crippen LogP contribution in [0, 0.1) is 11.3 Å². The van der Waals surface area contributed by atoms with E-state index in [-0.39, 0.29) is 12.3 Å². The van der Waals surface area contributed by atoms with Gasteiger partial charge in [-0.25, -0.2) is 0 Å². The summed E-state index contributed by atoms with van der Waals surface area (Å²) in [5.74, 6) is -0.596. The molecule has 94 valence electrons. The lowest BCUT2D eigenvalue weighted by molar-refractivity contribution is -0.145. The van der Waals surface area contributed by atoms with Gasteiger partial charge < -0.3 is 10.1 Å². The van der Waals surface area contributed by atoms with Crippen molar-refractivity contribution in [3.8, 4) is 6.07 Å². The van der Waals surface area contributed by atoms with Crippen molar-refractivity contribution in [2.75, 3.05) is 5.32 Å². The first-order valence-corrected chi connectivity index (χ1v) is 5.47. The number of nitrogens with one attached hydrogen (secondary N) is 1. The van der Waals surface area contributed by atoms with Crippen LogP contribution < -0.4 is 5.32 Å². The van der Waals surface area contributed by atoms with Crippen LogP contribution in [0.3, 0.4) is 0 Å². The fraction of sp³-hybridized carbons (Fsp3) is 0.308. The Morgan fingerprint density at radius 1 is 1.39 bits per heavy atom. The van der Waals surface area contributed by atoms with Gasteiger partial charge in [-0.15, -0.1) is 0 Å². The topological polar surface area (TPSA) is 79.2 Å². The Morgan fingerprint density at radius 2 is 2.00 bits per heavy atom. The summed E-state index contributed by atoms with van der Waals surface area (Å²) < 4.78 is 4.83. The lowest BCUT2D eigenvalue weighted by atomic mass is 10.1. The molecule has 0 saturated carbocycles. The van der Waals surface area contributed by atoms with Crippen molar-refractivity contribution in [2.45, 2.75) is 26.4 Å². The van der Waals surface area contributed by atoms with E-state index in [1.165, 1.54) is 13.8 Å². The van der Waals surface area contributed by atoms with E-state index in [0.717, 1.165) is 5.56 Å². The average molecular weight is 246 g/mol. The molecule has 0 aliphatic heterocycles. The number of carbonyl (C=O) groups excluding carboxylic acids is 2. The Kier molecular flexibility index (Phi) is 4.88. The number of anilines is 1. The van der Waals surface area contributed by atoms with Gasteiger partial charge in [-0.1, -0.05) is 12.1 Å². The molecular weight excluding hydrogens is 232 g/mol. The molecule has 1 rings (SSSR count). The molecule has 0 spiro atoms. The van der Waals surface area contributed by atoms with E-state index in [1.54, 1.807) is 24.3 Å². The van der Waals surface area contributed by atoms with Gasteiger partial charge >= 0.3 is 5.97 Å². The van der Waals surface area contributed by atoms with Crippen LogP contribution in [0.1, 0.15) is 19.4 Å². The third-order valence-corrected chi connectivity index (χ3v) is 2.11. The van der Waals surface area contributed by atoms with Crippen LogP contribution in [-0.4, -0.2) is 18.0 Å². The second-order valence-electron chi connectivity index (χ2n) is 3.82. The number of nitrogens with zero attached hydrogens (tertiary/aromatic N) is 1. The molecule has 0 radical (unpaired) electrons. The van der Waals surface area contributed by atoms with E-state index < -0.39 is 12.1 Å². The van der Waals surface area contributed by atoms with Gasteiger partial charge in [0.15, 0.2) is 6.10 Å². The first kappa shape index (κ1) is 13.7. The average Bonchev–Trinajstić information content (AvgIpc) is 2.30. The number of amides is 1. The molecule has 0 aliphatic carbocycles. The first-order valence-electron chi connectivity index (χ1n) is 5.47. The highest BCUT2D eigenvalue weighted by Crippen LogP contribution is 2.10.